The third-order valence-corrected chi connectivity index (χ3v) is 6.70. The maximum Gasteiger partial charge on any atom is 0.316 e. The molecule has 1 saturated heterocycles. The zero-order valence-corrected chi connectivity index (χ0v) is 20.5. The van der Waals surface area contributed by atoms with E-state index in [4.69, 9.17) is 5.73 Å². The molecule has 37 heavy (non-hydrogen) atoms. The number of hydrogen-bond donors (Lipinski definition) is 5. The van der Waals surface area contributed by atoms with Crippen LogP contribution in [0.5, 0.6) is 0 Å². The van der Waals surface area contributed by atoms with Crippen molar-refractivity contribution >= 4 is 40.9 Å². The number of piperidine rings is 1. The number of nitrogens with zero attached hydrogens (tertiary/aromatic N) is 1. The molecule has 1 aromatic heterocycles. The van der Waals surface area contributed by atoms with E-state index in [-0.39, 0.29) is 11.8 Å². The molecular formula is C28H30N6O3. The van der Waals surface area contributed by atoms with Gasteiger partial charge in [-0.3, -0.25) is 9.59 Å². The highest BCUT2D eigenvalue weighted by molar-refractivity contribution is 6.35. The van der Waals surface area contributed by atoms with E-state index in [0.717, 1.165) is 36.5 Å². The SMILES string of the molecule is NC(=O)Nc1ccc2c(c1)/C(=C/c1cc(-c3cccc(C(=O)NCCN4CCCCC4)c3)c[nH]1)C(=O)N2. The van der Waals surface area contributed by atoms with Crippen molar-refractivity contribution < 1.29 is 14.4 Å². The number of benzene rings is 2. The smallest absolute Gasteiger partial charge is 0.316 e. The second-order valence-electron chi connectivity index (χ2n) is 9.34. The molecule has 9 heteroatoms. The number of carbonyl (C=O) groups is 3. The molecule has 0 atom stereocenters. The van der Waals surface area contributed by atoms with Crippen molar-refractivity contribution in [1.29, 1.82) is 0 Å². The summed E-state index contributed by atoms with van der Waals surface area (Å²) in [6.07, 6.45) is 7.37. The number of urea groups is 1. The molecular weight excluding hydrogens is 468 g/mol. The van der Waals surface area contributed by atoms with Gasteiger partial charge in [0.1, 0.15) is 0 Å². The standard InChI is InChI=1S/C28H30N6O3/c29-28(37)32-21-7-8-25-23(15-21)24(27(36)33-25)16-22-14-20(17-31-22)18-5-4-6-19(13-18)26(35)30-9-12-34-10-2-1-3-11-34/h4-8,13-17,31H,1-3,9-12H2,(H,30,35)(H,33,36)(H3,29,32,37)/b24-16-. The van der Waals surface area contributed by atoms with Crippen LogP contribution in [0, 0.1) is 0 Å². The number of H-pyrrole nitrogens is 1. The fourth-order valence-corrected chi connectivity index (χ4v) is 4.82. The molecule has 0 saturated carbocycles. The maximum atomic E-state index is 12.7. The predicted molar refractivity (Wildman–Crippen MR) is 145 cm³/mol. The number of anilines is 2. The van der Waals surface area contributed by atoms with Crippen molar-refractivity contribution in [3.63, 3.8) is 0 Å². The Kier molecular flexibility index (Phi) is 7.04. The lowest BCUT2D eigenvalue weighted by Crippen LogP contribution is -2.37. The maximum absolute atomic E-state index is 12.7. The van der Waals surface area contributed by atoms with Gasteiger partial charge in [-0.25, -0.2) is 4.79 Å². The van der Waals surface area contributed by atoms with Crippen LogP contribution in [0.25, 0.3) is 22.8 Å². The van der Waals surface area contributed by atoms with E-state index < -0.39 is 6.03 Å². The van der Waals surface area contributed by atoms with Gasteiger partial charge in [-0.15, -0.1) is 0 Å². The summed E-state index contributed by atoms with van der Waals surface area (Å²) in [5, 5.41) is 8.40. The molecule has 0 radical (unpaired) electrons. The molecule has 0 aliphatic carbocycles. The quantitative estimate of drug-likeness (QED) is 0.316. The van der Waals surface area contributed by atoms with E-state index >= 15 is 0 Å². The summed E-state index contributed by atoms with van der Waals surface area (Å²) in [6.45, 7) is 3.72. The van der Waals surface area contributed by atoms with E-state index in [1.165, 1.54) is 19.3 Å². The summed E-state index contributed by atoms with van der Waals surface area (Å²) >= 11 is 0. The molecule has 2 aromatic carbocycles. The molecule has 190 valence electrons. The number of hydrogen-bond acceptors (Lipinski definition) is 4. The Labute approximate surface area is 215 Å². The Balaban J connectivity index is 1.29. The highest BCUT2D eigenvalue weighted by Crippen LogP contribution is 2.35. The van der Waals surface area contributed by atoms with Crippen LogP contribution in [-0.2, 0) is 4.79 Å². The van der Waals surface area contributed by atoms with E-state index in [1.807, 2.05) is 36.5 Å². The highest BCUT2D eigenvalue weighted by atomic mass is 16.2. The van der Waals surface area contributed by atoms with Crippen molar-refractivity contribution in [3.8, 4) is 11.1 Å². The van der Waals surface area contributed by atoms with Gasteiger partial charge < -0.3 is 31.6 Å². The van der Waals surface area contributed by atoms with E-state index in [2.05, 4.69) is 25.8 Å². The number of nitrogens with one attached hydrogen (secondary N) is 4. The second-order valence-corrected chi connectivity index (χ2v) is 9.34. The number of amides is 4. The van der Waals surface area contributed by atoms with Crippen molar-refractivity contribution in [2.45, 2.75) is 19.3 Å². The van der Waals surface area contributed by atoms with Gasteiger partial charge in [-0.05, 0) is 79.5 Å². The summed E-state index contributed by atoms with van der Waals surface area (Å²) in [6, 6.07) is 13.9. The minimum Gasteiger partial charge on any atom is -0.361 e. The Hall–Kier alpha value is -4.37. The highest BCUT2D eigenvalue weighted by Gasteiger charge is 2.25. The normalized spacial score (nSPS) is 16.3. The number of likely N-dealkylation sites (tertiary alicyclic amines) is 1. The van der Waals surface area contributed by atoms with Crippen LogP contribution in [0.15, 0.2) is 54.7 Å². The van der Waals surface area contributed by atoms with Gasteiger partial charge in [0.15, 0.2) is 0 Å². The average Bonchev–Trinajstić information content (AvgIpc) is 3.49. The second kappa shape index (κ2) is 10.7. The van der Waals surface area contributed by atoms with E-state index in [1.54, 1.807) is 24.3 Å². The lowest BCUT2D eigenvalue weighted by molar-refractivity contribution is -0.110. The molecule has 4 amide bonds. The van der Waals surface area contributed by atoms with E-state index in [9.17, 15) is 14.4 Å². The minimum atomic E-state index is -0.672. The number of carbonyl (C=O) groups excluding carboxylic acids is 3. The van der Waals surface area contributed by atoms with Crippen LogP contribution in [0.2, 0.25) is 0 Å². The largest absolute Gasteiger partial charge is 0.361 e. The zero-order chi connectivity index (χ0) is 25.8. The minimum absolute atomic E-state index is 0.0867. The molecule has 3 aromatic rings. The molecule has 6 N–H and O–H groups in total. The lowest BCUT2D eigenvalue weighted by Gasteiger charge is -2.26. The van der Waals surface area contributed by atoms with Crippen molar-refractivity contribution in [2.75, 3.05) is 36.8 Å². The fourth-order valence-electron chi connectivity index (χ4n) is 4.82. The number of aromatic amines is 1. The van der Waals surface area contributed by atoms with Crippen LogP contribution < -0.4 is 21.7 Å². The molecule has 0 unspecified atom stereocenters. The van der Waals surface area contributed by atoms with Crippen molar-refractivity contribution in [1.82, 2.24) is 15.2 Å². The van der Waals surface area contributed by atoms with Gasteiger partial charge >= 0.3 is 6.03 Å². The van der Waals surface area contributed by atoms with Crippen LogP contribution in [0.4, 0.5) is 16.2 Å². The molecule has 0 bridgehead atoms. The van der Waals surface area contributed by atoms with Gasteiger partial charge in [-0.2, -0.15) is 0 Å². The Morgan fingerprint density at radius 1 is 1.03 bits per heavy atom. The number of fused-ring (bicyclic) bond motifs is 1. The van der Waals surface area contributed by atoms with Gasteiger partial charge in [0.2, 0.25) is 0 Å². The third-order valence-electron chi connectivity index (χ3n) is 6.70. The zero-order valence-electron chi connectivity index (χ0n) is 20.5. The molecule has 2 aliphatic rings. The molecule has 1 fully saturated rings. The summed E-state index contributed by atoms with van der Waals surface area (Å²) in [7, 11) is 0. The summed E-state index contributed by atoms with van der Waals surface area (Å²) < 4.78 is 0. The predicted octanol–water partition coefficient (Wildman–Crippen LogP) is 3.88. The Bertz CT molecular complexity index is 1370. The molecule has 3 heterocycles. The molecule has 9 nitrogen and oxygen atoms in total. The van der Waals surface area contributed by atoms with Gasteiger partial charge in [0.25, 0.3) is 11.8 Å². The van der Waals surface area contributed by atoms with Crippen molar-refractivity contribution in [2.24, 2.45) is 5.73 Å². The lowest BCUT2D eigenvalue weighted by atomic mass is 10.0. The average molecular weight is 499 g/mol. The first kappa shape index (κ1) is 24.3. The Morgan fingerprint density at radius 3 is 2.68 bits per heavy atom. The topological polar surface area (TPSA) is 132 Å². The molecule has 0 spiro atoms. The van der Waals surface area contributed by atoms with Gasteiger partial charge in [-0.1, -0.05) is 18.6 Å². The first-order valence-electron chi connectivity index (χ1n) is 12.5. The number of rotatable bonds is 7. The Morgan fingerprint density at radius 2 is 1.86 bits per heavy atom. The monoisotopic (exact) mass is 498 g/mol. The third kappa shape index (κ3) is 5.73. The first-order chi connectivity index (χ1) is 18.0. The van der Waals surface area contributed by atoms with Crippen LogP contribution in [0.3, 0.4) is 0 Å². The summed E-state index contributed by atoms with van der Waals surface area (Å²) in [5.74, 6) is -0.318. The summed E-state index contributed by atoms with van der Waals surface area (Å²) in [4.78, 5) is 42.1. The van der Waals surface area contributed by atoms with Crippen LogP contribution >= 0.6 is 0 Å². The van der Waals surface area contributed by atoms with Gasteiger partial charge in [0, 0.05) is 47.5 Å². The fraction of sp³-hybridized carbons (Fsp3) is 0.250. The van der Waals surface area contributed by atoms with Crippen LogP contribution in [-0.4, -0.2) is 53.9 Å². The van der Waals surface area contributed by atoms with E-state index in [0.29, 0.717) is 34.6 Å². The van der Waals surface area contributed by atoms with Crippen molar-refractivity contribution in [3.05, 3.63) is 71.5 Å². The first-order valence-corrected chi connectivity index (χ1v) is 12.5. The summed E-state index contributed by atoms with van der Waals surface area (Å²) in [5.41, 5.74) is 10.7. The van der Waals surface area contributed by atoms with Gasteiger partial charge in [0.05, 0.1) is 5.57 Å². The molecule has 5 rings (SSSR count). The number of primary amides is 1. The van der Waals surface area contributed by atoms with Crippen LogP contribution in [0.1, 0.15) is 40.9 Å². The molecule has 2 aliphatic heterocycles. The number of aromatic nitrogens is 1. The number of nitrogens with two attached hydrogens (primary N) is 1.